The molecule has 4 aromatic rings. The molecule has 4 rings (SSSR count). The Hall–Kier alpha value is -3.72. The van der Waals surface area contributed by atoms with Gasteiger partial charge in [0.2, 0.25) is 5.95 Å². The molecule has 31 heavy (non-hydrogen) atoms. The maximum Gasteiger partial charge on any atom is 0.280 e. The van der Waals surface area contributed by atoms with Crippen LogP contribution in [0.15, 0.2) is 59.4 Å². The second-order valence-corrected chi connectivity index (χ2v) is 7.07. The van der Waals surface area contributed by atoms with Crippen LogP contribution in [0.4, 0.5) is 10.3 Å². The number of nitrogens with zero attached hydrogens (tertiary/aromatic N) is 4. The van der Waals surface area contributed by atoms with Crippen LogP contribution in [0, 0.1) is 12.7 Å². The number of anilines is 1. The summed E-state index contributed by atoms with van der Waals surface area (Å²) in [5.74, 6) is -0.494. The van der Waals surface area contributed by atoms with E-state index in [1.165, 1.54) is 18.5 Å². The molecule has 2 aromatic heterocycles. The molecule has 0 unspecified atom stereocenters. The fourth-order valence-electron chi connectivity index (χ4n) is 2.82. The number of halogens is 2. The number of hydrogen-bond acceptors (Lipinski definition) is 6. The Kier molecular flexibility index (Phi) is 5.94. The lowest BCUT2D eigenvalue weighted by Gasteiger charge is -2.07. The van der Waals surface area contributed by atoms with Gasteiger partial charge in [-0.3, -0.25) is 10.1 Å². The predicted octanol–water partition coefficient (Wildman–Crippen LogP) is 4.25. The summed E-state index contributed by atoms with van der Waals surface area (Å²) in [6.07, 6.45) is 1.50. The molecule has 1 amide bonds. The van der Waals surface area contributed by atoms with Gasteiger partial charge in [0, 0.05) is 5.02 Å². The van der Waals surface area contributed by atoms with Gasteiger partial charge in [0.15, 0.2) is 17.3 Å². The van der Waals surface area contributed by atoms with Gasteiger partial charge in [-0.05, 0) is 36.8 Å². The Balaban J connectivity index is 1.43. The number of benzene rings is 2. The minimum atomic E-state index is -0.562. The Morgan fingerprint density at radius 2 is 2.00 bits per heavy atom. The smallest absolute Gasteiger partial charge is 0.280 e. The highest BCUT2D eigenvalue weighted by molar-refractivity contribution is 6.30. The second-order valence-electron chi connectivity index (χ2n) is 6.63. The second kappa shape index (κ2) is 8.97. The zero-order valence-corrected chi connectivity index (χ0v) is 17.1. The number of aryl methyl sites for hydroxylation is 1. The highest BCUT2D eigenvalue weighted by Crippen LogP contribution is 2.21. The molecule has 0 aliphatic carbocycles. The van der Waals surface area contributed by atoms with E-state index in [1.54, 1.807) is 35.9 Å². The molecule has 0 aliphatic rings. The van der Waals surface area contributed by atoms with Gasteiger partial charge in [-0.1, -0.05) is 41.0 Å². The Morgan fingerprint density at radius 3 is 2.77 bits per heavy atom. The number of carbonyl (C=O) groups excluding carboxylic acids is 1. The highest BCUT2D eigenvalue weighted by atomic mass is 35.5. The first-order valence-corrected chi connectivity index (χ1v) is 9.65. The fourth-order valence-corrected chi connectivity index (χ4v) is 2.94. The van der Waals surface area contributed by atoms with Gasteiger partial charge in [0.05, 0.1) is 12.1 Å². The van der Waals surface area contributed by atoms with Crippen molar-refractivity contribution in [2.24, 2.45) is 0 Å². The molecule has 158 valence electrons. The van der Waals surface area contributed by atoms with E-state index in [4.69, 9.17) is 20.9 Å². The maximum atomic E-state index is 13.8. The fraction of sp³-hybridized carbons (Fsp3) is 0.143. The third-order valence-electron chi connectivity index (χ3n) is 4.43. The molecule has 2 heterocycles. The van der Waals surface area contributed by atoms with Gasteiger partial charge in [0.25, 0.3) is 5.91 Å². The van der Waals surface area contributed by atoms with Crippen LogP contribution in [0.5, 0.6) is 5.75 Å². The number of hydrogen-bond donors (Lipinski definition) is 1. The summed E-state index contributed by atoms with van der Waals surface area (Å²) in [5.41, 5.74) is 1.40. The third kappa shape index (κ3) is 4.89. The molecule has 0 fully saturated rings. The molecular formula is C21H17ClFN5O3. The van der Waals surface area contributed by atoms with E-state index in [0.717, 1.165) is 5.56 Å². The van der Waals surface area contributed by atoms with Crippen molar-refractivity contribution in [1.82, 2.24) is 19.9 Å². The number of amides is 1. The van der Waals surface area contributed by atoms with Crippen molar-refractivity contribution >= 4 is 23.5 Å². The van der Waals surface area contributed by atoms with E-state index < -0.39 is 11.7 Å². The summed E-state index contributed by atoms with van der Waals surface area (Å²) in [4.78, 5) is 16.8. The molecule has 0 radical (unpaired) electrons. The molecule has 0 atom stereocenters. The van der Waals surface area contributed by atoms with Crippen LogP contribution in [0.2, 0.25) is 5.02 Å². The zero-order chi connectivity index (χ0) is 21.8. The van der Waals surface area contributed by atoms with Crippen LogP contribution in [0.3, 0.4) is 0 Å². The van der Waals surface area contributed by atoms with Gasteiger partial charge in [-0.25, -0.2) is 14.1 Å². The van der Waals surface area contributed by atoms with Crippen molar-refractivity contribution in [3.63, 3.8) is 0 Å². The third-order valence-corrected chi connectivity index (χ3v) is 4.68. The first kappa shape index (κ1) is 20.5. The van der Waals surface area contributed by atoms with Crippen LogP contribution >= 0.6 is 11.6 Å². The first-order valence-electron chi connectivity index (χ1n) is 9.27. The van der Waals surface area contributed by atoms with E-state index in [1.807, 2.05) is 12.1 Å². The molecule has 8 nitrogen and oxygen atoms in total. The number of para-hydroxylation sites is 1. The lowest BCUT2D eigenvalue weighted by molar-refractivity contribution is 0.101. The Labute approximate surface area is 181 Å². The normalized spacial score (nSPS) is 10.8. The molecule has 0 saturated heterocycles. The van der Waals surface area contributed by atoms with Crippen LogP contribution < -0.4 is 10.1 Å². The summed E-state index contributed by atoms with van der Waals surface area (Å²) in [7, 11) is 0. The summed E-state index contributed by atoms with van der Waals surface area (Å²) in [6, 6.07) is 13.3. The molecule has 0 spiro atoms. The van der Waals surface area contributed by atoms with E-state index in [2.05, 4.69) is 20.6 Å². The highest BCUT2D eigenvalue weighted by Gasteiger charge is 2.22. The lowest BCUT2D eigenvalue weighted by Crippen LogP contribution is -2.16. The van der Waals surface area contributed by atoms with Crippen molar-refractivity contribution in [3.8, 4) is 5.75 Å². The van der Waals surface area contributed by atoms with Gasteiger partial charge >= 0.3 is 0 Å². The summed E-state index contributed by atoms with van der Waals surface area (Å²) >= 11 is 5.89. The van der Waals surface area contributed by atoms with E-state index in [0.29, 0.717) is 22.9 Å². The first-order chi connectivity index (χ1) is 15.0. The van der Waals surface area contributed by atoms with Crippen molar-refractivity contribution in [3.05, 3.63) is 88.3 Å². The monoisotopic (exact) mass is 441 g/mol. The standard InChI is InChI=1S/C21H17ClFN5O3/c1-13-16(11-30-18-5-3-2-4-17(18)23)19(27-31-13)20(29)25-21-24-12-28(26-21)10-14-6-8-15(22)9-7-14/h2-9,12H,10-11H2,1H3,(H,25,26,29). The maximum absolute atomic E-state index is 13.8. The number of aromatic nitrogens is 4. The van der Waals surface area contributed by atoms with Crippen molar-refractivity contribution in [1.29, 1.82) is 0 Å². The summed E-state index contributed by atoms with van der Waals surface area (Å²) in [6.45, 7) is 2.02. The minimum absolute atomic E-state index is 0.0166. The predicted molar refractivity (Wildman–Crippen MR) is 111 cm³/mol. The molecule has 2 aromatic carbocycles. The van der Waals surface area contributed by atoms with Crippen molar-refractivity contribution in [2.75, 3.05) is 5.32 Å². The average molecular weight is 442 g/mol. The SMILES string of the molecule is Cc1onc(C(=O)Nc2ncn(Cc3ccc(Cl)cc3)n2)c1COc1ccccc1F. The van der Waals surface area contributed by atoms with Crippen LogP contribution in [0.25, 0.3) is 0 Å². The zero-order valence-electron chi connectivity index (χ0n) is 16.4. The van der Waals surface area contributed by atoms with Gasteiger partial charge in [0.1, 0.15) is 18.7 Å². The molecular weight excluding hydrogens is 425 g/mol. The molecule has 1 N–H and O–H groups in total. The number of ether oxygens (including phenoxy) is 1. The summed E-state index contributed by atoms with van der Waals surface area (Å²) in [5, 5.41) is 11.3. The number of rotatable bonds is 7. The van der Waals surface area contributed by atoms with Gasteiger partial charge < -0.3 is 9.26 Å². The lowest BCUT2D eigenvalue weighted by atomic mass is 10.2. The Morgan fingerprint density at radius 1 is 1.23 bits per heavy atom. The van der Waals surface area contributed by atoms with Gasteiger partial charge in [-0.2, -0.15) is 0 Å². The Bertz CT molecular complexity index is 1210. The average Bonchev–Trinajstić information content (AvgIpc) is 3.35. The van der Waals surface area contributed by atoms with Gasteiger partial charge in [-0.15, -0.1) is 5.10 Å². The van der Waals surface area contributed by atoms with Crippen molar-refractivity contribution < 1.29 is 18.4 Å². The van der Waals surface area contributed by atoms with E-state index >= 15 is 0 Å². The topological polar surface area (TPSA) is 95.1 Å². The van der Waals surface area contributed by atoms with Crippen molar-refractivity contribution in [2.45, 2.75) is 20.1 Å². The quantitative estimate of drug-likeness (QED) is 0.460. The largest absolute Gasteiger partial charge is 0.486 e. The van der Waals surface area contributed by atoms with E-state index in [-0.39, 0.29) is 24.0 Å². The molecule has 0 bridgehead atoms. The number of carbonyl (C=O) groups is 1. The minimum Gasteiger partial charge on any atom is -0.486 e. The molecule has 0 saturated carbocycles. The molecule has 10 heteroatoms. The summed E-state index contributed by atoms with van der Waals surface area (Å²) < 4.78 is 26.0. The van der Waals surface area contributed by atoms with Crippen LogP contribution in [0.1, 0.15) is 27.4 Å². The van der Waals surface area contributed by atoms with Crippen LogP contribution in [-0.2, 0) is 13.2 Å². The molecule has 0 aliphatic heterocycles. The number of nitrogens with one attached hydrogen (secondary N) is 1. The van der Waals surface area contributed by atoms with Crippen LogP contribution in [-0.4, -0.2) is 25.8 Å². The van der Waals surface area contributed by atoms with E-state index in [9.17, 15) is 9.18 Å².